The van der Waals surface area contributed by atoms with Gasteiger partial charge < -0.3 is 0 Å². The Bertz CT molecular complexity index is 1230. The van der Waals surface area contributed by atoms with Crippen LogP contribution in [0.25, 0.3) is 20.7 Å². The largest absolute Gasteiger partial charge is 0.416 e. The zero-order valence-corrected chi connectivity index (χ0v) is 16.9. The molecule has 0 spiro atoms. The Morgan fingerprint density at radius 3 is 2.55 bits per heavy atom. The summed E-state index contributed by atoms with van der Waals surface area (Å²) in [6.07, 6.45) is -4.38. The van der Waals surface area contributed by atoms with E-state index in [9.17, 15) is 18.0 Å². The number of hydrogen-bond donors (Lipinski definition) is 0. The molecule has 0 aliphatic carbocycles. The fraction of sp³-hybridized carbons (Fsp3) is 0.143. The molecule has 148 valence electrons. The number of rotatable bonds is 4. The van der Waals surface area contributed by atoms with E-state index in [1.165, 1.54) is 33.7 Å². The number of alkyl halides is 3. The summed E-state index contributed by atoms with van der Waals surface area (Å²) in [7, 11) is 1.63. The topological polar surface area (TPSA) is 34.9 Å². The Hall–Kier alpha value is -2.58. The van der Waals surface area contributed by atoms with Crippen molar-refractivity contribution in [1.29, 1.82) is 0 Å². The van der Waals surface area contributed by atoms with Crippen molar-refractivity contribution in [2.75, 3.05) is 0 Å². The second-order valence-corrected chi connectivity index (χ2v) is 8.43. The smallest absolute Gasteiger partial charge is 0.290 e. The molecule has 2 aromatic heterocycles. The number of aromatic nitrogens is 2. The van der Waals surface area contributed by atoms with Gasteiger partial charge in [-0.1, -0.05) is 60.3 Å². The van der Waals surface area contributed by atoms with Crippen LogP contribution in [0.2, 0.25) is 0 Å². The second kappa shape index (κ2) is 7.68. The Morgan fingerprint density at radius 1 is 1.07 bits per heavy atom. The third-order valence-corrected chi connectivity index (χ3v) is 6.66. The molecule has 3 nitrogen and oxygen atoms in total. The maximum absolute atomic E-state index is 12.9. The molecule has 0 saturated heterocycles. The minimum atomic E-state index is -4.38. The summed E-state index contributed by atoms with van der Waals surface area (Å²) in [6, 6.07) is 16.8. The minimum absolute atomic E-state index is 0.159. The standard InChI is InChI=1S/C21H15F3N2OS2/c1-26-19(27)18-16(11-17(29-18)14-7-3-2-4-8-14)25-20(26)28-12-13-6-5-9-15(10-13)21(22,23)24/h2-11H,12H2,1H3. The number of thioether (sulfide) groups is 1. The average molecular weight is 432 g/mol. The van der Waals surface area contributed by atoms with Crippen LogP contribution in [-0.2, 0) is 19.0 Å². The highest BCUT2D eigenvalue weighted by atomic mass is 32.2. The molecule has 0 aliphatic rings. The van der Waals surface area contributed by atoms with Gasteiger partial charge in [-0.3, -0.25) is 9.36 Å². The van der Waals surface area contributed by atoms with Crippen LogP contribution in [0.3, 0.4) is 0 Å². The molecule has 0 saturated carbocycles. The van der Waals surface area contributed by atoms with Crippen LogP contribution in [0.1, 0.15) is 11.1 Å². The summed E-state index contributed by atoms with van der Waals surface area (Å²) in [5, 5.41) is 0.470. The molecule has 0 fully saturated rings. The molecule has 8 heteroatoms. The molecule has 0 radical (unpaired) electrons. The lowest BCUT2D eigenvalue weighted by molar-refractivity contribution is -0.137. The van der Waals surface area contributed by atoms with Crippen molar-refractivity contribution in [3.05, 3.63) is 82.1 Å². The summed E-state index contributed by atoms with van der Waals surface area (Å²) in [4.78, 5) is 18.3. The van der Waals surface area contributed by atoms with Crippen molar-refractivity contribution >= 4 is 33.3 Å². The maximum Gasteiger partial charge on any atom is 0.416 e. The average Bonchev–Trinajstić information content (AvgIpc) is 3.14. The Balaban J connectivity index is 1.65. The number of halogens is 3. The van der Waals surface area contributed by atoms with E-state index in [0.29, 0.717) is 20.9 Å². The summed E-state index contributed by atoms with van der Waals surface area (Å²) < 4.78 is 40.7. The van der Waals surface area contributed by atoms with Crippen LogP contribution in [0.15, 0.2) is 70.6 Å². The van der Waals surface area contributed by atoms with Crippen molar-refractivity contribution in [3.63, 3.8) is 0 Å². The van der Waals surface area contributed by atoms with Gasteiger partial charge in [-0.15, -0.1) is 11.3 Å². The summed E-state index contributed by atoms with van der Waals surface area (Å²) in [6.45, 7) is 0. The molecule has 2 aromatic carbocycles. The van der Waals surface area contributed by atoms with E-state index in [1.54, 1.807) is 13.1 Å². The molecule has 4 rings (SSSR count). The first-order valence-electron chi connectivity index (χ1n) is 8.68. The number of hydrogen-bond acceptors (Lipinski definition) is 4. The molecule has 2 heterocycles. The van der Waals surface area contributed by atoms with Crippen molar-refractivity contribution in [2.45, 2.75) is 17.1 Å². The van der Waals surface area contributed by atoms with Gasteiger partial charge in [0.15, 0.2) is 5.16 Å². The van der Waals surface area contributed by atoms with Crippen LogP contribution < -0.4 is 5.56 Å². The quantitative estimate of drug-likeness (QED) is 0.294. The zero-order chi connectivity index (χ0) is 20.6. The summed E-state index contributed by atoms with van der Waals surface area (Å²) >= 11 is 2.63. The van der Waals surface area contributed by atoms with E-state index in [-0.39, 0.29) is 11.3 Å². The number of thiophene rings is 1. The van der Waals surface area contributed by atoms with Crippen LogP contribution in [0.5, 0.6) is 0 Å². The van der Waals surface area contributed by atoms with Gasteiger partial charge in [0.25, 0.3) is 5.56 Å². The van der Waals surface area contributed by atoms with Gasteiger partial charge in [0.1, 0.15) is 4.70 Å². The lowest BCUT2D eigenvalue weighted by atomic mass is 10.1. The first-order chi connectivity index (χ1) is 13.8. The Labute approximate surface area is 172 Å². The van der Waals surface area contributed by atoms with Gasteiger partial charge in [-0.25, -0.2) is 4.98 Å². The molecule has 0 N–H and O–H groups in total. The Kier molecular flexibility index (Phi) is 5.23. The highest BCUT2D eigenvalue weighted by Gasteiger charge is 2.30. The first kappa shape index (κ1) is 19.7. The van der Waals surface area contributed by atoms with Crippen molar-refractivity contribution in [3.8, 4) is 10.4 Å². The van der Waals surface area contributed by atoms with Crippen molar-refractivity contribution in [2.24, 2.45) is 7.05 Å². The van der Waals surface area contributed by atoms with E-state index in [1.807, 2.05) is 36.4 Å². The van der Waals surface area contributed by atoms with E-state index in [2.05, 4.69) is 4.98 Å². The fourth-order valence-electron chi connectivity index (χ4n) is 2.89. The molecule has 4 aromatic rings. The molecule has 0 unspecified atom stereocenters. The molecule has 29 heavy (non-hydrogen) atoms. The monoisotopic (exact) mass is 432 g/mol. The summed E-state index contributed by atoms with van der Waals surface area (Å²) in [5.41, 5.74) is 1.29. The van der Waals surface area contributed by atoms with E-state index >= 15 is 0 Å². The fourth-order valence-corrected chi connectivity index (χ4v) is 4.89. The molecular weight excluding hydrogens is 417 g/mol. The number of benzene rings is 2. The molecule has 0 aliphatic heterocycles. The summed E-state index contributed by atoms with van der Waals surface area (Å²) in [5.74, 6) is 0.283. The highest BCUT2D eigenvalue weighted by molar-refractivity contribution is 7.98. The zero-order valence-electron chi connectivity index (χ0n) is 15.2. The van der Waals surface area contributed by atoms with Crippen molar-refractivity contribution < 1.29 is 13.2 Å². The van der Waals surface area contributed by atoms with Gasteiger partial charge in [-0.05, 0) is 23.3 Å². The van der Waals surface area contributed by atoms with Crippen LogP contribution in [-0.4, -0.2) is 9.55 Å². The minimum Gasteiger partial charge on any atom is -0.290 e. The second-order valence-electron chi connectivity index (χ2n) is 6.44. The van der Waals surface area contributed by atoms with Gasteiger partial charge in [0, 0.05) is 17.7 Å². The lowest BCUT2D eigenvalue weighted by Crippen LogP contribution is -2.18. The van der Waals surface area contributed by atoms with Gasteiger partial charge in [0.2, 0.25) is 0 Å². The molecule has 0 atom stereocenters. The maximum atomic E-state index is 12.9. The van der Waals surface area contributed by atoms with Crippen LogP contribution in [0.4, 0.5) is 13.2 Å². The van der Waals surface area contributed by atoms with E-state index in [4.69, 9.17) is 0 Å². The molecule has 0 bridgehead atoms. The predicted octanol–water partition coefficient (Wildman–Crippen LogP) is 5.97. The first-order valence-corrected chi connectivity index (χ1v) is 10.5. The molecular formula is C21H15F3N2OS2. The normalized spacial score (nSPS) is 11.9. The molecule has 0 amide bonds. The number of nitrogens with zero attached hydrogens (tertiary/aromatic N) is 2. The van der Waals surface area contributed by atoms with Crippen LogP contribution >= 0.6 is 23.1 Å². The van der Waals surface area contributed by atoms with Gasteiger partial charge in [0.05, 0.1) is 11.1 Å². The Morgan fingerprint density at radius 2 is 1.83 bits per heavy atom. The third kappa shape index (κ3) is 4.09. The third-order valence-electron chi connectivity index (χ3n) is 4.39. The van der Waals surface area contributed by atoms with E-state index < -0.39 is 11.7 Å². The van der Waals surface area contributed by atoms with Crippen molar-refractivity contribution in [1.82, 2.24) is 9.55 Å². The van der Waals surface area contributed by atoms with E-state index in [0.717, 1.165) is 22.6 Å². The van der Waals surface area contributed by atoms with Gasteiger partial charge in [-0.2, -0.15) is 13.2 Å². The lowest BCUT2D eigenvalue weighted by Gasteiger charge is -2.09. The number of fused-ring (bicyclic) bond motifs is 1. The van der Waals surface area contributed by atoms with Gasteiger partial charge >= 0.3 is 6.18 Å². The highest BCUT2D eigenvalue weighted by Crippen LogP contribution is 2.33. The predicted molar refractivity (Wildman–Crippen MR) is 111 cm³/mol. The van der Waals surface area contributed by atoms with Crippen LogP contribution in [0, 0.1) is 0 Å². The SMILES string of the molecule is Cn1c(SCc2cccc(C(F)(F)F)c2)nc2cc(-c3ccccc3)sc2c1=O.